The summed E-state index contributed by atoms with van der Waals surface area (Å²) >= 11 is 0. The average Bonchev–Trinajstić information content (AvgIpc) is 3.18. The highest BCUT2D eigenvalue weighted by atomic mass is 19.1. The number of benzene rings is 2. The second kappa shape index (κ2) is 9.60. The Labute approximate surface area is 172 Å². The molecule has 0 spiro atoms. The van der Waals surface area contributed by atoms with Gasteiger partial charge in [0.2, 0.25) is 0 Å². The minimum absolute atomic E-state index is 0.00299. The molecule has 3 aromatic rings. The van der Waals surface area contributed by atoms with E-state index >= 15 is 0 Å². The summed E-state index contributed by atoms with van der Waals surface area (Å²) in [5.41, 5.74) is 6.57. The van der Waals surface area contributed by atoms with Crippen molar-refractivity contribution >= 4 is 11.8 Å². The molecular formula is C22H21FN2O5. The fourth-order valence-corrected chi connectivity index (χ4v) is 2.65. The molecule has 0 bridgehead atoms. The lowest BCUT2D eigenvalue weighted by atomic mass is 10.1. The van der Waals surface area contributed by atoms with Crippen LogP contribution in [-0.2, 0) is 11.4 Å². The summed E-state index contributed by atoms with van der Waals surface area (Å²) in [6.45, 7) is 3.68. The van der Waals surface area contributed by atoms with E-state index in [1.165, 1.54) is 30.3 Å². The Bertz CT molecular complexity index is 1010. The molecule has 30 heavy (non-hydrogen) atoms. The minimum Gasteiger partial charge on any atom is -0.486 e. The fraction of sp³-hybridized carbons (Fsp3) is 0.182. The third-order valence-corrected chi connectivity index (χ3v) is 3.96. The van der Waals surface area contributed by atoms with Gasteiger partial charge in [-0.05, 0) is 73.5 Å². The van der Waals surface area contributed by atoms with Crippen LogP contribution < -0.4 is 20.3 Å². The number of furan rings is 1. The molecule has 2 amide bonds. The standard InChI is InChI=1S/C22H21FN2O5/c1-14-9-15(2)11-19(10-14)29-13-21(26)24-25-22(27)20-8-7-18(30-20)12-28-17-5-3-16(23)4-6-17/h3-11H,12-13H2,1-2H3,(H,24,26)(H,25,27). The lowest BCUT2D eigenvalue weighted by molar-refractivity contribution is -0.123. The summed E-state index contributed by atoms with van der Waals surface area (Å²) in [6.07, 6.45) is 0. The van der Waals surface area contributed by atoms with Gasteiger partial charge >= 0.3 is 5.91 Å². The van der Waals surface area contributed by atoms with Gasteiger partial charge in [0.25, 0.3) is 5.91 Å². The van der Waals surface area contributed by atoms with Crippen LogP contribution in [0, 0.1) is 19.7 Å². The highest BCUT2D eigenvalue weighted by Gasteiger charge is 2.13. The maximum atomic E-state index is 12.9. The molecule has 0 fully saturated rings. The third-order valence-electron chi connectivity index (χ3n) is 3.96. The van der Waals surface area contributed by atoms with Crippen LogP contribution in [0.3, 0.4) is 0 Å². The maximum Gasteiger partial charge on any atom is 0.305 e. The topological polar surface area (TPSA) is 89.8 Å². The van der Waals surface area contributed by atoms with E-state index in [4.69, 9.17) is 13.9 Å². The summed E-state index contributed by atoms with van der Waals surface area (Å²) in [4.78, 5) is 24.0. The predicted molar refractivity (Wildman–Crippen MR) is 106 cm³/mol. The van der Waals surface area contributed by atoms with Crippen LogP contribution in [0.15, 0.2) is 59.0 Å². The van der Waals surface area contributed by atoms with Crippen LogP contribution in [0.4, 0.5) is 4.39 Å². The second-order valence-corrected chi connectivity index (χ2v) is 6.62. The Morgan fingerprint density at radius 2 is 1.60 bits per heavy atom. The molecule has 0 aliphatic rings. The van der Waals surface area contributed by atoms with E-state index in [0.717, 1.165) is 11.1 Å². The summed E-state index contributed by atoms with van der Waals surface area (Å²) in [5.74, 6) is -0.0599. The Hall–Kier alpha value is -3.81. The van der Waals surface area contributed by atoms with Crippen molar-refractivity contribution in [1.29, 1.82) is 0 Å². The predicted octanol–water partition coefficient (Wildman–Crippen LogP) is 3.45. The molecule has 0 saturated heterocycles. The summed E-state index contributed by atoms with van der Waals surface area (Å²) in [5, 5.41) is 0. The van der Waals surface area contributed by atoms with E-state index < -0.39 is 11.8 Å². The van der Waals surface area contributed by atoms with E-state index in [9.17, 15) is 14.0 Å². The number of carbonyl (C=O) groups is 2. The first-order valence-corrected chi connectivity index (χ1v) is 9.16. The highest BCUT2D eigenvalue weighted by Crippen LogP contribution is 2.16. The van der Waals surface area contributed by atoms with Gasteiger partial charge in [-0.1, -0.05) is 6.07 Å². The molecule has 8 heteroatoms. The third kappa shape index (κ3) is 6.10. The molecule has 0 unspecified atom stereocenters. The second-order valence-electron chi connectivity index (χ2n) is 6.62. The van der Waals surface area contributed by atoms with E-state index in [2.05, 4.69) is 10.9 Å². The van der Waals surface area contributed by atoms with Crippen LogP contribution in [-0.4, -0.2) is 18.4 Å². The van der Waals surface area contributed by atoms with Crippen molar-refractivity contribution in [2.45, 2.75) is 20.5 Å². The van der Waals surface area contributed by atoms with Gasteiger partial charge in [-0.2, -0.15) is 0 Å². The van der Waals surface area contributed by atoms with Crippen molar-refractivity contribution in [3.63, 3.8) is 0 Å². The Morgan fingerprint density at radius 1 is 0.900 bits per heavy atom. The lowest BCUT2D eigenvalue weighted by Crippen LogP contribution is -2.43. The number of nitrogens with one attached hydrogen (secondary N) is 2. The van der Waals surface area contributed by atoms with Gasteiger partial charge in [0.1, 0.15) is 29.7 Å². The summed E-state index contributed by atoms with van der Waals surface area (Å²) < 4.78 is 29.1. The Kier molecular flexibility index (Phi) is 6.69. The summed E-state index contributed by atoms with van der Waals surface area (Å²) in [6, 6.07) is 14.2. The molecule has 3 rings (SSSR count). The summed E-state index contributed by atoms with van der Waals surface area (Å²) in [7, 11) is 0. The van der Waals surface area contributed by atoms with Crippen molar-refractivity contribution in [1.82, 2.24) is 10.9 Å². The number of amides is 2. The van der Waals surface area contributed by atoms with Gasteiger partial charge in [0.15, 0.2) is 12.4 Å². The quantitative estimate of drug-likeness (QED) is 0.580. The molecular weight excluding hydrogens is 391 g/mol. The highest BCUT2D eigenvalue weighted by molar-refractivity contribution is 5.93. The zero-order valence-electron chi connectivity index (χ0n) is 16.5. The first-order valence-electron chi connectivity index (χ1n) is 9.16. The number of halogens is 1. The van der Waals surface area contributed by atoms with Gasteiger partial charge in [-0.25, -0.2) is 4.39 Å². The van der Waals surface area contributed by atoms with E-state index in [0.29, 0.717) is 17.3 Å². The van der Waals surface area contributed by atoms with Crippen molar-refractivity contribution < 1.29 is 27.9 Å². The normalized spacial score (nSPS) is 10.4. The number of hydrogen-bond donors (Lipinski definition) is 2. The first kappa shape index (κ1) is 20.9. The SMILES string of the molecule is Cc1cc(C)cc(OCC(=O)NNC(=O)c2ccc(COc3ccc(F)cc3)o2)c1. The van der Waals surface area contributed by atoms with E-state index in [-0.39, 0.29) is 24.8 Å². The van der Waals surface area contributed by atoms with E-state index in [1.54, 1.807) is 6.07 Å². The van der Waals surface area contributed by atoms with Crippen molar-refractivity contribution in [3.05, 3.63) is 83.1 Å². The molecule has 0 saturated carbocycles. The van der Waals surface area contributed by atoms with E-state index in [1.807, 2.05) is 32.0 Å². The van der Waals surface area contributed by atoms with Crippen molar-refractivity contribution in [2.24, 2.45) is 0 Å². The number of aryl methyl sites for hydroxylation is 2. The smallest absolute Gasteiger partial charge is 0.305 e. The zero-order chi connectivity index (χ0) is 21.5. The zero-order valence-corrected chi connectivity index (χ0v) is 16.5. The van der Waals surface area contributed by atoms with Crippen LogP contribution in [0.2, 0.25) is 0 Å². The lowest BCUT2D eigenvalue weighted by Gasteiger charge is -2.09. The Balaban J connectivity index is 1.43. The van der Waals surface area contributed by atoms with Crippen LogP contribution in [0.5, 0.6) is 11.5 Å². The van der Waals surface area contributed by atoms with Crippen molar-refractivity contribution in [3.8, 4) is 11.5 Å². The minimum atomic E-state index is -0.622. The van der Waals surface area contributed by atoms with Crippen molar-refractivity contribution in [2.75, 3.05) is 6.61 Å². The molecule has 156 valence electrons. The maximum absolute atomic E-state index is 12.9. The van der Waals surface area contributed by atoms with Crippen LogP contribution >= 0.6 is 0 Å². The number of ether oxygens (including phenoxy) is 2. The molecule has 1 heterocycles. The molecule has 0 radical (unpaired) electrons. The Morgan fingerprint density at radius 3 is 2.30 bits per heavy atom. The molecule has 2 N–H and O–H groups in total. The first-order chi connectivity index (χ1) is 14.4. The number of hydrogen-bond acceptors (Lipinski definition) is 5. The average molecular weight is 412 g/mol. The molecule has 2 aromatic carbocycles. The molecule has 1 aromatic heterocycles. The number of rotatable bonds is 7. The fourth-order valence-electron chi connectivity index (χ4n) is 2.65. The monoisotopic (exact) mass is 412 g/mol. The van der Waals surface area contributed by atoms with Gasteiger partial charge in [0, 0.05) is 0 Å². The molecule has 0 atom stereocenters. The van der Waals surface area contributed by atoms with Crippen LogP contribution in [0.25, 0.3) is 0 Å². The number of hydrazine groups is 1. The molecule has 0 aliphatic heterocycles. The molecule has 7 nitrogen and oxygen atoms in total. The largest absolute Gasteiger partial charge is 0.486 e. The van der Waals surface area contributed by atoms with Gasteiger partial charge in [-0.15, -0.1) is 0 Å². The van der Waals surface area contributed by atoms with Gasteiger partial charge in [0.05, 0.1) is 0 Å². The van der Waals surface area contributed by atoms with Gasteiger partial charge in [-0.3, -0.25) is 20.4 Å². The van der Waals surface area contributed by atoms with Crippen LogP contribution in [0.1, 0.15) is 27.4 Å². The molecule has 0 aliphatic carbocycles. The number of carbonyl (C=O) groups excluding carboxylic acids is 2. The van der Waals surface area contributed by atoms with Gasteiger partial charge < -0.3 is 13.9 Å².